The van der Waals surface area contributed by atoms with Crippen molar-refractivity contribution < 1.29 is 22.7 Å². The number of anilines is 2. The van der Waals surface area contributed by atoms with E-state index in [0.29, 0.717) is 11.4 Å². The summed E-state index contributed by atoms with van der Waals surface area (Å²) in [5.41, 5.74) is 2.07. The molecule has 3 rings (SSSR count). The molecule has 0 fully saturated rings. The number of ether oxygens (including phenoxy) is 1. The molecule has 0 saturated carbocycles. The van der Waals surface area contributed by atoms with Crippen LogP contribution < -0.4 is 10.0 Å². The maximum absolute atomic E-state index is 12.7. The van der Waals surface area contributed by atoms with Crippen molar-refractivity contribution in [3.63, 3.8) is 0 Å². The Morgan fingerprint density at radius 1 is 0.867 bits per heavy atom. The Labute approximate surface area is 174 Å². The van der Waals surface area contributed by atoms with Crippen LogP contribution in [-0.2, 0) is 14.8 Å². The van der Waals surface area contributed by atoms with Gasteiger partial charge < -0.3 is 10.1 Å². The van der Waals surface area contributed by atoms with Gasteiger partial charge in [-0.2, -0.15) is 0 Å². The minimum absolute atomic E-state index is 0.0401. The van der Waals surface area contributed by atoms with E-state index in [-0.39, 0.29) is 16.0 Å². The fourth-order valence-electron chi connectivity index (χ4n) is 2.74. The maximum atomic E-state index is 12.7. The number of rotatable bonds is 6. The largest absolute Gasteiger partial charge is 0.465 e. The highest BCUT2D eigenvalue weighted by Crippen LogP contribution is 2.21. The molecule has 0 aliphatic rings. The number of carbonyl (C=O) groups is 2. The van der Waals surface area contributed by atoms with Gasteiger partial charge in [-0.05, 0) is 55.0 Å². The Morgan fingerprint density at radius 3 is 2.30 bits per heavy atom. The number of hydrogen-bond donors (Lipinski definition) is 2. The van der Waals surface area contributed by atoms with Gasteiger partial charge in [-0.1, -0.05) is 30.3 Å². The third-order valence-electron chi connectivity index (χ3n) is 4.34. The Bertz CT molecular complexity index is 1210. The third kappa shape index (κ3) is 4.84. The van der Waals surface area contributed by atoms with Crippen LogP contribution in [-0.4, -0.2) is 27.4 Å². The average molecular weight is 424 g/mol. The van der Waals surface area contributed by atoms with Crippen LogP contribution >= 0.6 is 0 Å². The molecule has 0 aliphatic heterocycles. The second-order valence-corrected chi connectivity index (χ2v) is 8.16. The van der Waals surface area contributed by atoms with Crippen LogP contribution in [0.4, 0.5) is 11.4 Å². The van der Waals surface area contributed by atoms with Crippen LogP contribution in [0.2, 0.25) is 0 Å². The molecule has 3 aromatic carbocycles. The molecule has 154 valence electrons. The van der Waals surface area contributed by atoms with Crippen molar-refractivity contribution in [3.8, 4) is 0 Å². The summed E-state index contributed by atoms with van der Waals surface area (Å²) in [6.45, 7) is 1.80. The molecule has 8 heteroatoms. The fraction of sp³-hybridized carbons (Fsp3) is 0.0909. The fourth-order valence-corrected chi connectivity index (χ4v) is 3.92. The van der Waals surface area contributed by atoms with Gasteiger partial charge in [0.05, 0.1) is 23.3 Å². The summed E-state index contributed by atoms with van der Waals surface area (Å²) in [5.74, 6) is -1.04. The highest BCUT2D eigenvalue weighted by atomic mass is 32.2. The number of amides is 1. The second-order valence-electron chi connectivity index (χ2n) is 6.47. The number of benzene rings is 3. The summed E-state index contributed by atoms with van der Waals surface area (Å²) in [7, 11) is -2.61. The van der Waals surface area contributed by atoms with Crippen LogP contribution in [0.3, 0.4) is 0 Å². The molecule has 2 N–H and O–H groups in total. The Morgan fingerprint density at radius 2 is 1.57 bits per heavy atom. The number of hydrogen-bond acceptors (Lipinski definition) is 5. The number of esters is 1. The predicted octanol–water partition coefficient (Wildman–Crippen LogP) is 3.83. The van der Waals surface area contributed by atoms with Gasteiger partial charge in [0, 0.05) is 11.3 Å². The smallest absolute Gasteiger partial charge is 0.337 e. The second kappa shape index (κ2) is 8.79. The molecule has 0 unspecified atom stereocenters. The lowest BCUT2D eigenvalue weighted by molar-refractivity contribution is 0.0600. The topological polar surface area (TPSA) is 102 Å². The van der Waals surface area contributed by atoms with Crippen molar-refractivity contribution in [2.24, 2.45) is 0 Å². The van der Waals surface area contributed by atoms with Gasteiger partial charge >= 0.3 is 5.97 Å². The molecule has 3 aromatic rings. The highest BCUT2D eigenvalue weighted by Gasteiger charge is 2.17. The monoisotopic (exact) mass is 424 g/mol. The maximum Gasteiger partial charge on any atom is 0.337 e. The molecule has 0 aliphatic carbocycles. The van der Waals surface area contributed by atoms with Crippen LogP contribution in [0.25, 0.3) is 0 Å². The van der Waals surface area contributed by atoms with Gasteiger partial charge in [-0.3, -0.25) is 9.52 Å². The number of sulfonamides is 1. The number of nitrogens with one attached hydrogen (secondary N) is 2. The van der Waals surface area contributed by atoms with Gasteiger partial charge in [-0.25, -0.2) is 13.2 Å². The zero-order chi connectivity index (χ0) is 21.7. The van der Waals surface area contributed by atoms with Crippen LogP contribution in [0.15, 0.2) is 77.7 Å². The van der Waals surface area contributed by atoms with Crippen LogP contribution in [0, 0.1) is 6.92 Å². The lowest BCUT2D eigenvalue weighted by Gasteiger charge is -2.12. The summed E-state index contributed by atoms with van der Waals surface area (Å²) < 4.78 is 32.7. The van der Waals surface area contributed by atoms with Crippen LogP contribution in [0.1, 0.15) is 26.3 Å². The molecule has 30 heavy (non-hydrogen) atoms. The zero-order valence-electron chi connectivity index (χ0n) is 16.4. The molecule has 7 nitrogen and oxygen atoms in total. The molecule has 0 saturated heterocycles. The standard InChI is InChI=1S/C22H20N2O5S/c1-15-7-3-4-12-20(15)24-30(27,28)19-11-6-8-16(14-19)21(25)23-18-10-5-9-17(13-18)22(26)29-2/h3-14,24H,1-2H3,(H,23,25). The van der Waals surface area contributed by atoms with E-state index in [9.17, 15) is 18.0 Å². The predicted molar refractivity (Wildman–Crippen MR) is 114 cm³/mol. The molecule has 0 aromatic heterocycles. The van der Waals surface area contributed by atoms with E-state index in [2.05, 4.69) is 14.8 Å². The SMILES string of the molecule is COC(=O)c1cccc(NC(=O)c2cccc(S(=O)(=O)Nc3ccccc3C)c2)c1. The number of para-hydroxylation sites is 1. The first kappa shape index (κ1) is 21.1. The minimum Gasteiger partial charge on any atom is -0.465 e. The number of carbonyl (C=O) groups excluding carboxylic acids is 2. The molecule has 0 heterocycles. The zero-order valence-corrected chi connectivity index (χ0v) is 17.2. The number of methoxy groups -OCH3 is 1. The Balaban J connectivity index is 1.82. The van der Waals surface area contributed by atoms with Gasteiger partial charge in [0.25, 0.3) is 15.9 Å². The quantitative estimate of drug-likeness (QED) is 0.586. The minimum atomic E-state index is -3.88. The first-order chi connectivity index (χ1) is 14.3. The average Bonchev–Trinajstić information content (AvgIpc) is 2.75. The van der Waals surface area contributed by atoms with E-state index in [1.165, 1.54) is 37.4 Å². The van der Waals surface area contributed by atoms with Gasteiger partial charge in [-0.15, -0.1) is 0 Å². The summed E-state index contributed by atoms with van der Waals surface area (Å²) in [6.07, 6.45) is 0. The van der Waals surface area contributed by atoms with Crippen LogP contribution in [0.5, 0.6) is 0 Å². The molecule has 0 bridgehead atoms. The van der Waals surface area contributed by atoms with Crippen molar-refractivity contribution in [2.45, 2.75) is 11.8 Å². The van der Waals surface area contributed by atoms with Crippen molar-refractivity contribution in [3.05, 3.63) is 89.5 Å². The summed E-state index contributed by atoms with van der Waals surface area (Å²) in [4.78, 5) is 24.2. The van der Waals surface area contributed by atoms with E-state index in [1.54, 1.807) is 43.3 Å². The third-order valence-corrected chi connectivity index (χ3v) is 5.70. The molecule has 0 spiro atoms. The van der Waals surface area contributed by atoms with E-state index in [4.69, 9.17) is 0 Å². The summed E-state index contributed by atoms with van der Waals surface area (Å²) >= 11 is 0. The van der Waals surface area contributed by atoms with Gasteiger partial charge in [0.1, 0.15) is 0 Å². The van der Waals surface area contributed by atoms with Crippen molar-refractivity contribution >= 4 is 33.3 Å². The lowest BCUT2D eigenvalue weighted by atomic mass is 10.1. The lowest BCUT2D eigenvalue weighted by Crippen LogP contribution is -2.16. The number of aryl methyl sites for hydroxylation is 1. The van der Waals surface area contributed by atoms with E-state index in [0.717, 1.165) is 5.56 Å². The van der Waals surface area contributed by atoms with E-state index < -0.39 is 21.9 Å². The Kier molecular flexibility index (Phi) is 6.17. The summed E-state index contributed by atoms with van der Waals surface area (Å²) in [6, 6.07) is 19.0. The Hall–Kier alpha value is -3.65. The van der Waals surface area contributed by atoms with Crippen molar-refractivity contribution in [1.29, 1.82) is 0 Å². The molecular formula is C22H20N2O5S. The molecule has 1 amide bonds. The van der Waals surface area contributed by atoms with Crippen molar-refractivity contribution in [2.75, 3.05) is 17.1 Å². The van der Waals surface area contributed by atoms with E-state index in [1.807, 2.05) is 6.07 Å². The first-order valence-corrected chi connectivity index (χ1v) is 10.5. The summed E-state index contributed by atoms with van der Waals surface area (Å²) in [5, 5.41) is 2.65. The first-order valence-electron chi connectivity index (χ1n) is 8.98. The van der Waals surface area contributed by atoms with Crippen molar-refractivity contribution in [1.82, 2.24) is 0 Å². The molecule has 0 atom stereocenters. The van der Waals surface area contributed by atoms with Gasteiger partial charge in [0.15, 0.2) is 0 Å². The highest BCUT2D eigenvalue weighted by molar-refractivity contribution is 7.92. The molecule has 0 radical (unpaired) electrons. The molecular weight excluding hydrogens is 404 g/mol. The van der Waals surface area contributed by atoms with Gasteiger partial charge in [0.2, 0.25) is 0 Å². The van der Waals surface area contributed by atoms with E-state index >= 15 is 0 Å². The normalized spacial score (nSPS) is 10.9.